The fraction of sp³-hybridized carbons (Fsp3) is 1.00. The summed E-state index contributed by atoms with van der Waals surface area (Å²) < 4.78 is 10.3. The Bertz CT molecular complexity index is 109. The summed E-state index contributed by atoms with van der Waals surface area (Å²) in [6.07, 6.45) is 2.45. The SMILES string of the molecule is CCCNC(COC)CC(C)OC. The van der Waals surface area contributed by atoms with Gasteiger partial charge in [0, 0.05) is 20.3 Å². The number of nitrogens with one attached hydrogen (secondary N) is 1. The summed E-state index contributed by atoms with van der Waals surface area (Å²) >= 11 is 0. The van der Waals surface area contributed by atoms with Gasteiger partial charge < -0.3 is 14.8 Å². The third kappa shape index (κ3) is 6.99. The first kappa shape index (κ1) is 12.9. The Morgan fingerprint density at radius 2 is 2.00 bits per heavy atom. The summed E-state index contributed by atoms with van der Waals surface area (Å²) in [5.41, 5.74) is 0. The van der Waals surface area contributed by atoms with Crippen LogP contribution in [0.2, 0.25) is 0 Å². The predicted octanol–water partition coefficient (Wildman–Crippen LogP) is 1.43. The first-order valence-corrected chi connectivity index (χ1v) is 4.99. The van der Waals surface area contributed by atoms with Crippen molar-refractivity contribution in [1.82, 2.24) is 5.32 Å². The molecule has 2 unspecified atom stereocenters. The third-order valence-corrected chi connectivity index (χ3v) is 2.07. The van der Waals surface area contributed by atoms with Gasteiger partial charge in [-0.25, -0.2) is 0 Å². The molecule has 1 N–H and O–H groups in total. The van der Waals surface area contributed by atoms with Crippen molar-refractivity contribution in [2.75, 3.05) is 27.4 Å². The minimum absolute atomic E-state index is 0.296. The van der Waals surface area contributed by atoms with Gasteiger partial charge >= 0.3 is 0 Å². The molecule has 13 heavy (non-hydrogen) atoms. The third-order valence-electron chi connectivity index (χ3n) is 2.07. The number of hydrogen-bond acceptors (Lipinski definition) is 3. The van der Waals surface area contributed by atoms with E-state index < -0.39 is 0 Å². The molecular weight excluding hydrogens is 166 g/mol. The Balaban J connectivity index is 3.65. The molecule has 0 aromatic carbocycles. The van der Waals surface area contributed by atoms with Crippen molar-refractivity contribution in [2.24, 2.45) is 0 Å². The molecular formula is C10H23NO2. The molecule has 2 atom stereocenters. The standard InChI is InChI=1S/C10H23NO2/c1-5-6-11-10(8-12-3)7-9(2)13-4/h9-11H,5-8H2,1-4H3. The van der Waals surface area contributed by atoms with E-state index in [0.717, 1.165) is 26.0 Å². The lowest BCUT2D eigenvalue weighted by atomic mass is 10.1. The molecule has 0 aromatic rings. The van der Waals surface area contributed by atoms with Gasteiger partial charge in [-0.1, -0.05) is 6.92 Å². The molecule has 0 aliphatic rings. The van der Waals surface area contributed by atoms with Crippen LogP contribution in [0.5, 0.6) is 0 Å². The van der Waals surface area contributed by atoms with E-state index in [-0.39, 0.29) is 0 Å². The van der Waals surface area contributed by atoms with E-state index in [1.54, 1.807) is 14.2 Å². The number of hydrogen-bond donors (Lipinski definition) is 1. The van der Waals surface area contributed by atoms with Crippen molar-refractivity contribution in [2.45, 2.75) is 38.8 Å². The van der Waals surface area contributed by atoms with Gasteiger partial charge in [-0.05, 0) is 26.3 Å². The normalized spacial score (nSPS) is 15.7. The maximum Gasteiger partial charge on any atom is 0.0616 e. The van der Waals surface area contributed by atoms with Crippen LogP contribution in [0.4, 0.5) is 0 Å². The van der Waals surface area contributed by atoms with Gasteiger partial charge in [0.1, 0.15) is 0 Å². The number of methoxy groups -OCH3 is 2. The van der Waals surface area contributed by atoms with E-state index >= 15 is 0 Å². The molecule has 0 spiro atoms. The van der Waals surface area contributed by atoms with Crippen LogP contribution in [0, 0.1) is 0 Å². The molecule has 0 fully saturated rings. The van der Waals surface area contributed by atoms with Gasteiger partial charge in [0.2, 0.25) is 0 Å². The van der Waals surface area contributed by atoms with Crippen molar-refractivity contribution >= 4 is 0 Å². The van der Waals surface area contributed by atoms with Gasteiger partial charge in [0.05, 0.1) is 12.7 Å². The van der Waals surface area contributed by atoms with Gasteiger partial charge in [0.15, 0.2) is 0 Å². The average Bonchev–Trinajstić information content (AvgIpc) is 2.14. The van der Waals surface area contributed by atoms with Crippen LogP contribution in [0.3, 0.4) is 0 Å². The first-order valence-electron chi connectivity index (χ1n) is 4.99. The average molecular weight is 189 g/mol. The Morgan fingerprint density at radius 1 is 1.31 bits per heavy atom. The second-order valence-electron chi connectivity index (χ2n) is 3.39. The van der Waals surface area contributed by atoms with E-state index in [1.807, 2.05) is 0 Å². The number of ether oxygens (including phenoxy) is 2. The Hall–Kier alpha value is -0.120. The van der Waals surface area contributed by atoms with E-state index in [0.29, 0.717) is 12.1 Å². The second kappa shape index (κ2) is 8.48. The van der Waals surface area contributed by atoms with Crippen LogP contribution < -0.4 is 5.32 Å². The molecule has 0 bridgehead atoms. The molecule has 0 amide bonds. The fourth-order valence-electron chi connectivity index (χ4n) is 1.26. The van der Waals surface area contributed by atoms with Crippen molar-refractivity contribution in [1.29, 1.82) is 0 Å². The van der Waals surface area contributed by atoms with Crippen molar-refractivity contribution in [3.8, 4) is 0 Å². The van der Waals surface area contributed by atoms with Gasteiger partial charge in [-0.3, -0.25) is 0 Å². The molecule has 0 saturated heterocycles. The van der Waals surface area contributed by atoms with Crippen molar-refractivity contribution < 1.29 is 9.47 Å². The van der Waals surface area contributed by atoms with Crippen LogP contribution in [-0.2, 0) is 9.47 Å². The molecule has 0 radical (unpaired) electrons. The molecule has 80 valence electrons. The second-order valence-corrected chi connectivity index (χ2v) is 3.39. The Morgan fingerprint density at radius 3 is 2.46 bits per heavy atom. The summed E-state index contributed by atoms with van der Waals surface area (Å²) in [7, 11) is 3.48. The minimum Gasteiger partial charge on any atom is -0.383 e. The first-order chi connectivity index (χ1) is 6.24. The smallest absolute Gasteiger partial charge is 0.0616 e. The summed E-state index contributed by atoms with van der Waals surface area (Å²) in [6, 6.07) is 0.417. The zero-order valence-corrected chi connectivity index (χ0v) is 9.30. The summed E-state index contributed by atoms with van der Waals surface area (Å²) in [6.45, 7) is 6.05. The molecule has 3 heteroatoms. The van der Waals surface area contributed by atoms with Gasteiger partial charge in [-0.15, -0.1) is 0 Å². The summed E-state index contributed by atoms with van der Waals surface area (Å²) in [4.78, 5) is 0. The fourth-order valence-corrected chi connectivity index (χ4v) is 1.26. The minimum atomic E-state index is 0.296. The van der Waals surface area contributed by atoms with Gasteiger partial charge in [0.25, 0.3) is 0 Å². The highest BCUT2D eigenvalue weighted by molar-refractivity contribution is 4.69. The molecule has 0 aliphatic carbocycles. The van der Waals surface area contributed by atoms with Crippen LogP contribution in [0.25, 0.3) is 0 Å². The topological polar surface area (TPSA) is 30.5 Å². The molecule has 0 saturated carbocycles. The lowest BCUT2D eigenvalue weighted by molar-refractivity contribution is 0.0808. The molecule has 3 nitrogen and oxygen atoms in total. The van der Waals surface area contributed by atoms with Crippen LogP contribution in [0.1, 0.15) is 26.7 Å². The maximum atomic E-state index is 5.21. The summed E-state index contributed by atoms with van der Waals surface area (Å²) in [5.74, 6) is 0. The van der Waals surface area contributed by atoms with E-state index in [2.05, 4.69) is 19.2 Å². The van der Waals surface area contributed by atoms with E-state index in [4.69, 9.17) is 9.47 Å². The van der Waals surface area contributed by atoms with Crippen LogP contribution in [-0.4, -0.2) is 39.5 Å². The highest BCUT2D eigenvalue weighted by Gasteiger charge is 2.11. The summed E-state index contributed by atoms with van der Waals surface area (Å²) in [5, 5.41) is 3.43. The Kier molecular flexibility index (Phi) is 8.40. The lowest BCUT2D eigenvalue weighted by Gasteiger charge is -2.20. The zero-order valence-electron chi connectivity index (χ0n) is 9.30. The monoisotopic (exact) mass is 189 g/mol. The highest BCUT2D eigenvalue weighted by Crippen LogP contribution is 2.01. The molecule has 0 aromatic heterocycles. The lowest BCUT2D eigenvalue weighted by Crippen LogP contribution is -2.36. The van der Waals surface area contributed by atoms with E-state index in [1.165, 1.54) is 0 Å². The zero-order chi connectivity index (χ0) is 10.1. The maximum absolute atomic E-state index is 5.21. The van der Waals surface area contributed by atoms with Crippen LogP contribution >= 0.6 is 0 Å². The van der Waals surface area contributed by atoms with Crippen molar-refractivity contribution in [3.05, 3.63) is 0 Å². The predicted molar refractivity (Wildman–Crippen MR) is 55.0 cm³/mol. The van der Waals surface area contributed by atoms with E-state index in [9.17, 15) is 0 Å². The van der Waals surface area contributed by atoms with Crippen molar-refractivity contribution in [3.63, 3.8) is 0 Å². The number of rotatable bonds is 8. The largest absolute Gasteiger partial charge is 0.383 e. The molecule has 0 rings (SSSR count). The Labute approximate surface area is 81.8 Å². The van der Waals surface area contributed by atoms with Crippen LogP contribution in [0.15, 0.2) is 0 Å². The molecule has 0 heterocycles. The molecule has 0 aliphatic heterocycles. The highest BCUT2D eigenvalue weighted by atomic mass is 16.5. The quantitative estimate of drug-likeness (QED) is 0.626. The van der Waals surface area contributed by atoms with Gasteiger partial charge in [-0.2, -0.15) is 0 Å².